The Morgan fingerprint density at radius 2 is 2.00 bits per heavy atom. The second-order valence-electron chi connectivity index (χ2n) is 8.00. The molecule has 7 nitrogen and oxygen atoms in total. The van der Waals surface area contributed by atoms with E-state index >= 15 is 0 Å². The van der Waals surface area contributed by atoms with Crippen LogP contribution in [0, 0.1) is 5.92 Å². The van der Waals surface area contributed by atoms with Crippen LogP contribution in [0.3, 0.4) is 0 Å². The molecular formula is C20H35IN4O3S. The molecule has 9 heteroatoms. The molecule has 29 heavy (non-hydrogen) atoms. The van der Waals surface area contributed by atoms with Crippen molar-refractivity contribution in [2.75, 3.05) is 32.4 Å². The molecule has 2 aliphatic rings. The summed E-state index contributed by atoms with van der Waals surface area (Å²) in [6.07, 6.45) is 12.0. The number of hydrogen-bond donors (Lipinski definition) is 2. The fourth-order valence-electron chi connectivity index (χ4n) is 4.19. The van der Waals surface area contributed by atoms with Crippen molar-refractivity contribution in [1.29, 1.82) is 0 Å². The summed E-state index contributed by atoms with van der Waals surface area (Å²) < 4.78 is 30.9. The van der Waals surface area contributed by atoms with E-state index in [-0.39, 0.29) is 30.0 Å². The number of halogens is 1. The molecule has 2 N–H and O–H groups in total. The zero-order valence-corrected chi connectivity index (χ0v) is 20.5. The molecule has 1 saturated carbocycles. The van der Waals surface area contributed by atoms with E-state index in [1.54, 1.807) is 10.6 Å². The van der Waals surface area contributed by atoms with Crippen LogP contribution in [0.5, 0.6) is 0 Å². The maximum Gasteiger partial charge on any atom is 0.211 e. The highest BCUT2D eigenvalue weighted by atomic mass is 127. The SMILES string of the molecule is CS(=O)(=O)N1CCC[C@@H]1CNC(=NCC1CCCCC1)NCCc1ccco1.I. The van der Waals surface area contributed by atoms with Crippen LogP contribution in [0.4, 0.5) is 0 Å². The fraction of sp³-hybridized carbons (Fsp3) is 0.750. The van der Waals surface area contributed by atoms with E-state index in [4.69, 9.17) is 9.41 Å². The highest BCUT2D eigenvalue weighted by Crippen LogP contribution is 2.23. The molecule has 3 rings (SSSR count). The molecule has 0 spiro atoms. The minimum Gasteiger partial charge on any atom is -0.469 e. The Kier molecular flexibility index (Phi) is 10.2. The van der Waals surface area contributed by atoms with Crippen molar-refractivity contribution in [3.63, 3.8) is 0 Å². The Balaban J connectivity index is 0.00000300. The maximum absolute atomic E-state index is 12.0. The van der Waals surface area contributed by atoms with Crippen molar-refractivity contribution in [1.82, 2.24) is 14.9 Å². The number of furan rings is 1. The fourth-order valence-corrected chi connectivity index (χ4v) is 5.37. The summed E-state index contributed by atoms with van der Waals surface area (Å²) in [7, 11) is -3.15. The standard InChI is InChI=1S/C20H34N4O3S.HI/c1-28(25,26)24-13-5-9-18(24)16-23-20(21-12-11-19-10-6-14-27-19)22-15-17-7-3-2-4-8-17;/h6,10,14,17-18H,2-5,7-9,11-13,15-16H2,1H3,(H2,21,22,23);1H/t18-;/m1./s1. The van der Waals surface area contributed by atoms with Crippen molar-refractivity contribution < 1.29 is 12.8 Å². The topological polar surface area (TPSA) is 86.9 Å². The van der Waals surface area contributed by atoms with Crippen molar-refractivity contribution in [2.24, 2.45) is 10.9 Å². The number of aliphatic imine (C=N–C) groups is 1. The number of nitrogens with zero attached hydrogens (tertiary/aromatic N) is 2. The molecule has 1 aromatic heterocycles. The summed E-state index contributed by atoms with van der Waals surface area (Å²) in [6, 6.07) is 3.86. The first-order valence-corrected chi connectivity index (χ1v) is 12.4. The molecule has 2 heterocycles. The number of nitrogens with one attached hydrogen (secondary N) is 2. The molecule has 1 aliphatic carbocycles. The van der Waals surface area contributed by atoms with Crippen LogP contribution < -0.4 is 10.6 Å². The van der Waals surface area contributed by atoms with Gasteiger partial charge in [0.2, 0.25) is 10.0 Å². The molecule has 0 amide bonds. The molecular weight excluding hydrogens is 503 g/mol. The Labute approximate surface area is 192 Å². The van der Waals surface area contributed by atoms with Gasteiger partial charge in [0, 0.05) is 38.6 Å². The van der Waals surface area contributed by atoms with Crippen molar-refractivity contribution in [3.05, 3.63) is 24.2 Å². The van der Waals surface area contributed by atoms with E-state index in [1.165, 1.54) is 38.4 Å². The lowest BCUT2D eigenvalue weighted by molar-refractivity contribution is 0.365. The molecule has 0 aromatic carbocycles. The summed E-state index contributed by atoms with van der Waals surface area (Å²) >= 11 is 0. The molecule has 1 aliphatic heterocycles. The minimum absolute atomic E-state index is 0. The van der Waals surface area contributed by atoms with Crippen molar-refractivity contribution >= 4 is 40.0 Å². The normalized spacial score (nSPS) is 21.7. The van der Waals surface area contributed by atoms with Gasteiger partial charge in [-0.1, -0.05) is 19.3 Å². The number of sulfonamides is 1. The van der Waals surface area contributed by atoms with Crippen LogP contribution in [0.2, 0.25) is 0 Å². The van der Waals surface area contributed by atoms with Gasteiger partial charge in [0.25, 0.3) is 0 Å². The van der Waals surface area contributed by atoms with Gasteiger partial charge in [0.1, 0.15) is 5.76 Å². The average Bonchev–Trinajstić information content (AvgIpc) is 3.35. The minimum atomic E-state index is -3.15. The van der Waals surface area contributed by atoms with E-state index in [0.29, 0.717) is 19.0 Å². The number of rotatable bonds is 8. The largest absolute Gasteiger partial charge is 0.469 e. The summed E-state index contributed by atoms with van der Waals surface area (Å²) in [5.41, 5.74) is 0. The predicted octanol–water partition coefficient (Wildman–Crippen LogP) is 2.98. The summed E-state index contributed by atoms with van der Waals surface area (Å²) in [6.45, 7) is 2.76. The molecule has 1 atom stereocenters. The van der Waals surface area contributed by atoms with Crippen LogP contribution in [-0.2, 0) is 16.4 Å². The van der Waals surface area contributed by atoms with Crippen LogP contribution in [-0.4, -0.2) is 57.2 Å². The first kappa shape index (κ1) is 24.5. The molecule has 1 aromatic rings. The third kappa shape index (κ3) is 8.09. The molecule has 0 radical (unpaired) electrons. The lowest BCUT2D eigenvalue weighted by Gasteiger charge is -2.24. The first-order valence-electron chi connectivity index (χ1n) is 10.5. The maximum atomic E-state index is 12.0. The lowest BCUT2D eigenvalue weighted by atomic mass is 9.89. The van der Waals surface area contributed by atoms with Crippen LogP contribution in [0.15, 0.2) is 27.8 Å². The van der Waals surface area contributed by atoms with Gasteiger partial charge in [0.05, 0.1) is 12.5 Å². The van der Waals surface area contributed by atoms with Gasteiger partial charge in [-0.25, -0.2) is 8.42 Å². The van der Waals surface area contributed by atoms with E-state index in [9.17, 15) is 8.42 Å². The molecule has 0 bridgehead atoms. The summed E-state index contributed by atoms with van der Waals surface area (Å²) in [4.78, 5) is 4.81. The smallest absolute Gasteiger partial charge is 0.211 e. The van der Waals surface area contributed by atoms with E-state index in [1.807, 2.05) is 12.1 Å². The van der Waals surface area contributed by atoms with E-state index < -0.39 is 10.0 Å². The monoisotopic (exact) mass is 538 g/mol. The summed E-state index contributed by atoms with van der Waals surface area (Å²) in [5.74, 6) is 2.38. The third-order valence-electron chi connectivity index (χ3n) is 5.73. The second kappa shape index (κ2) is 12.1. The Morgan fingerprint density at radius 3 is 2.69 bits per heavy atom. The Morgan fingerprint density at radius 1 is 1.21 bits per heavy atom. The molecule has 166 valence electrons. The highest BCUT2D eigenvalue weighted by molar-refractivity contribution is 14.0. The summed E-state index contributed by atoms with van der Waals surface area (Å²) in [5, 5.41) is 6.77. The van der Waals surface area contributed by atoms with Crippen LogP contribution >= 0.6 is 24.0 Å². The third-order valence-corrected chi connectivity index (χ3v) is 7.06. The lowest BCUT2D eigenvalue weighted by Crippen LogP contribution is -2.46. The number of guanidine groups is 1. The van der Waals surface area contributed by atoms with Gasteiger partial charge in [-0.05, 0) is 43.7 Å². The van der Waals surface area contributed by atoms with Gasteiger partial charge in [-0.3, -0.25) is 4.99 Å². The van der Waals surface area contributed by atoms with Gasteiger partial charge >= 0.3 is 0 Å². The van der Waals surface area contributed by atoms with E-state index in [0.717, 1.165) is 44.1 Å². The Bertz CT molecular complexity index is 718. The van der Waals surface area contributed by atoms with Crippen LogP contribution in [0.1, 0.15) is 50.7 Å². The zero-order valence-electron chi connectivity index (χ0n) is 17.3. The van der Waals surface area contributed by atoms with Gasteiger partial charge < -0.3 is 15.1 Å². The van der Waals surface area contributed by atoms with Crippen molar-refractivity contribution in [3.8, 4) is 0 Å². The predicted molar refractivity (Wildman–Crippen MR) is 127 cm³/mol. The van der Waals surface area contributed by atoms with Gasteiger partial charge in [0.15, 0.2) is 5.96 Å². The quantitative estimate of drug-likeness (QED) is 0.302. The average molecular weight is 538 g/mol. The first-order chi connectivity index (χ1) is 13.5. The van der Waals surface area contributed by atoms with Gasteiger partial charge in [-0.15, -0.1) is 24.0 Å². The number of hydrogen-bond acceptors (Lipinski definition) is 4. The molecule has 1 saturated heterocycles. The Hall–Kier alpha value is -0.810. The second-order valence-corrected chi connectivity index (χ2v) is 9.94. The van der Waals surface area contributed by atoms with Crippen molar-refractivity contribution in [2.45, 2.75) is 57.4 Å². The molecule has 2 fully saturated rings. The zero-order chi connectivity index (χ0) is 19.8. The van der Waals surface area contributed by atoms with E-state index in [2.05, 4.69) is 10.6 Å². The molecule has 0 unspecified atom stereocenters. The highest BCUT2D eigenvalue weighted by Gasteiger charge is 2.31. The van der Waals surface area contributed by atoms with Crippen LogP contribution in [0.25, 0.3) is 0 Å². The van der Waals surface area contributed by atoms with Gasteiger partial charge in [-0.2, -0.15) is 4.31 Å².